The normalized spacial score (nSPS) is 16.8. The van der Waals surface area contributed by atoms with Crippen LogP contribution in [0.2, 0.25) is 0 Å². The minimum Gasteiger partial charge on any atom is -0.372 e. The van der Waals surface area contributed by atoms with E-state index in [2.05, 4.69) is 33.3 Å². The molecule has 0 saturated carbocycles. The molecular weight excluding hydrogens is 350 g/mol. The lowest BCUT2D eigenvalue weighted by molar-refractivity contribution is 0.208. The predicted octanol–water partition coefficient (Wildman–Crippen LogP) is 3.51. The van der Waals surface area contributed by atoms with Crippen molar-refractivity contribution in [3.8, 4) is 6.07 Å². The zero-order chi connectivity index (χ0) is 19.3. The van der Waals surface area contributed by atoms with E-state index in [0.717, 1.165) is 37.6 Å². The first kappa shape index (κ1) is 18.2. The first-order valence-corrected chi connectivity index (χ1v) is 9.89. The fourth-order valence-electron chi connectivity index (χ4n) is 3.93. The van der Waals surface area contributed by atoms with Crippen LogP contribution in [-0.4, -0.2) is 50.2 Å². The van der Waals surface area contributed by atoms with Crippen LogP contribution in [0.4, 0.5) is 21.9 Å². The molecule has 0 spiro atoms. The molecule has 2 aliphatic heterocycles. The average Bonchev–Trinajstić information content (AvgIpc) is 3.29. The number of hydrogen-bond donors (Lipinski definition) is 1. The molecule has 0 aliphatic carbocycles. The van der Waals surface area contributed by atoms with E-state index >= 15 is 0 Å². The molecule has 2 aromatic carbocycles. The van der Waals surface area contributed by atoms with Crippen molar-refractivity contribution in [2.75, 3.05) is 54.4 Å². The minimum atomic E-state index is -0.0675. The van der Waals surface area contributed by atoms with Gasteiger partial charge in [0.05, 0.1) is 11.3 Å². The van der Waals surface area contributed by atoms with E-state index in [-0.39, 0.29) is 6.03 Å². The SMILES string of the molecule is N#Cc1ccccc1N1CCN(C(=O)Nc2ccc(N3CCCC3)cc2)CC1. The number of para-hydroxylation sites is 1. The second-order valence-corrected chi connectivity index (χ2v) is 7.27. The van der Waals surface area contributed by atoms with Gasteiger partial charge in [-0.15, -0.1) is 0 Å². The average molecular weight is 375 g/mol. The Labute approximate surface area is 166 Å². The summed E-state index contributed by atoms with van der Waals surface area (Å²) in [6, 6.07) is 17.9. The molecule has 2 fully saturated rings. The number of rotatable bonds is 3. The Hall–Kier alpha value is -3.20. The lowest BCUT2D eigenvalue weighted by Crippen LogP contribution is -2.50. The van der Waals surface area contributed by atoms with Gasteiger partial charge in [-0.2, -0.15) is 5.26 Å². The van der Waals surface area contributed by atoms with E-state index in [1.807, 2.05) is 41.3 Å². The van der Waals surface area contributed by atoms with Crippen LogP contribution in [0, 0.1) is 11.3 Å². The van der Waals surface area contributed by atoms with Crippen molar-refractivity contribution < 1.29 is 4.79 Å². The van der Waals surface area contributed by atoms with Gasteiger partial charge >= 0.3 is 6.03 Å². The summed E-state index contributed by atoms with van der Waals surface area (Å²) < 4.78 is 0. The Morgan fingerprint density at radius 2 is 1.54 bits per heavy atom. The largest absolute Gasteiger partial charge is 0.372 e. The number of hydrogen-bond acceptors (Lipinski definition) is 4. The number of urea groups is 1. The van der Waals surface area contributed by atoms with Gasteiger partial charge in [0, 0.05) is 50.6 Å². The molecule has 2 heterocycles. The first-order chi connectivity index (χ1) is 13.7. The molecule has 2 aromatic rings. The van der Waals surface area contributed by atoms with Crippen molar-refractivity contribution in [2.45, 2.75) is 12.8 Å². The van der Waals surface area contributed by atoms with E-state index in [9.17, 15) is 10.1 Å². The van der Waals surface area contributed by atoms with Crippen LogP contribution in [0.25, 0.3) is 0 Å². The number of carbonyl (C=O) groups excluding carboxylic acids is 1. The van der Waals surface area contributed by atoms with Crippen molar-refractivity contribution in [3.63, 3.8) is 0 Å². The lowest BCUT2D eigenvalue weighted by Gasteiger charge is -2.36. The highest BCUT2D eigenvalue weighted by molar-refractivity contribution is 5.89. The van der Waals surface area contributed by atoms with Gasteiger partial charge in [-0.3, -0.25) is 0 Å². The maximum atomic E-state index is 12.6. The minimum absolute atomic E-state index is 0.0675. The molecule has 144 valence electrons. The van der Waals surface area contributed by atoms with Crippen molar-refractivity contribution in [1.29, 1.82) is 5.26 Å². The van der Waals surface area contributed by atoms with E-state index in [0.29, 0.717) is 18.7 Å². The first-order valence-electron chi connectivity index (χ1n) is 9.89. The summed E-state index contributed by atoms with van der Waals surface area (Å²) in [5.74, 6) is 0. The van der Waals surface area contributed by atoms with E-state index < -0.39 is 0 Å². The van der Waals surface area contributed by atoms with Gasteiger partial charge in [0.1, 0.15) is 6.07 Å². The third-order valence-electron chi connectivity index (χ3n) is 5.52. The summed E-state index contributed by atoms with van der Waals surface area (Å²) >= 11 is 0. The highest BCUT2D eigenvalue weighted by Crippen LogP contribution is 2.23. The number of anilines is 3. The van der Waals surface area contributed by atoms with E-state index in [1.54, 1.807) is 0 Å². The van der Waals surface area contributed by atoms with Gasteiger partial charge in [-0.1, -0.05) is 12.1 Å². The molecule has 0 bridgehead atoms. The van der Waals surface area contributed by atoms with Gasteiger partial charge in [0.25, 0.3) is 0 Å². The Balaban J connectivity index is 1.32. The Bertz CT molecular complexity index is 859. The number of carbonyl (C=O) groups is 1. The zero-order valence-corrected chi connectivity index (χ0v) is 16.0. The maximum Gasteiger partial charge on any atom is 0.321 e. The van der Waals surface area contributed by atoms with Crippen LogP contribution in [0.1, 0.15) is 18.4 Å². The van der Waals surface area contributed by atoms with Crippen molar-refractivity contribution in [1.82, 2.24) is 4.90 Å². The molecule has 2 saturated heterocycles. The number of piperazine rings is 1. The second kappa shape index (κ2) is 8.22. The van der Waals surface area contributed by atoms with Crippen LogP contribution >= 0.6 is 0 Å². The molecule has 0 radical (unpaired) electrons. The third-order valence-corrected chi connectivity index (χ3v) is 5.52. The van der Waals surface area contributed by atoms with Crippen molar-refractivity contribution >= 4 is 23.1 Å². The zero-order valence-electron chi connectivity index (χ0n) is 16.0. The predicted molar refractivity (Wildman–Crippen MR) is 112 cm³/mol. The highest BCUT2D eigenvalue weighted by atomic mass is 16.2. The summed E-state index contributed by atoms with van der Waals surface area (Å²) in [7, 11) is 0. The Morgan fingerprint density at radius 1 is 0.857 bits per heavy atom. The fourth-order valence-corrected chi connectivity index (χ4v) is 3.93. The van der Waals surface area contributed by atoms with Gasteiger partial charge < -0.3 is 20.0 Å². The van der Waals surface area contributed by atoms with Crippen molar-refractivity contribution in [3.05, 3.63) is 54.1 Å². The molecule has 6 nitrogen and oxygen atoms in total. The lowest BCUT2D eigenvalue weighted by atomic mass is 10.1. The van der Waals surface area contributed by atoms with Crippen LogP contribution in [0.5, 0.6) is 0 Å². The molecule has 0 atom stereocenters. The molecule has 4 rings (SSSR count). The van der Waals surface area contributed by atoms with Gasteiger partial charge in [0.2, 0.25) is 0 Å². The number of benzene rings is 2. The summed E-state index contributed by atoms with van der Waals surface area (Å²) in [6.07, 6.45) is 2.51. The summed E-state index contributed by atoms with van der Waals surface area (Å²) in [4.78, 5) is 19.0. The number of nitrogens with one attached hydrogen (secondary N) is 1. The smallest absolute Gasteiger partial charge is 0.321 e. The Kier molecular flexibility index (Phi) is 5.34. The molecule has 2 amide bonds. The maximum absolute atomic E-state index is 12.6. The second-order valence-electron chi connectivity index (χ2n) is 7.27. The van der Waals surface area contributed by atoms with Gasteiger partial charge in [0.15, 0.2) is 0 Å². The van der Waals surface area contributed by atoms with Crippen LogP contribution in [0.15, 0.2) is 48.5 Å². The molecule has 6 heteroatoms. The molecule has 1 N–H and O–H groups in total. The highest BCUT2D eigenvalue weighted by Gasteiger charge is 2.22. The quantitative estimate of drug-likeness (QED) is 0.892. The standard InChI is InChI=1S/C22H25N5O/c23-17-18-5-1-2-6-21(18)26-13-15-27(16-14-26)22(28)24-19-7-9-20(10-8-19)25-11-3-4-12-25/h1-2,5-10H,3-4,11-16H2,(H,24,28). The third kappa shape index (κ3) is 3.89. The van der Waals surface area contributed by atoms with Crippen LogP contribution in [0.3, 0.4) is 0 Å². The monoisotopic (exact) mass is 375 g/mol. The molecule has 28 heavy (non-hydrogen) atoms. The van der Waals surface area contributed by atoms with Gasteiger partial charge in [-0.05, 0) is 49.2 Å². The number of amides is 2. The molecule has 0 unspecified atom stereocenters. The fraction of sp³-hybridized carbons (Fsp3) is 0.364. The molecule has 0 aromatic heterocycles. The summed E-state index contributed by atoms with van der Waals surface area (Å²) in [5.41, 5.74) is 3.67. The summed E-state index contributed by atoms with van der Waals surface area (Å²) in [6.45, 7) is 4.95. The molecular formula is C22H25N5O. The van der Waals surface area contributed by atoms with Crippen LogP contribution in [-0.2, 0) is 0 Å². The summed E-state index contributed by atoms with van der Waals surface area (Å²) in [5, 5.41) is 12.3. The Morgan fingerprint density at radius 3 is 2.21 bits per heavy atom. The van der Waals surface area contributed by atoms with Crippen LogP contribution < -0.4 is 15.1 Å². The van der Waals surface area contributed by atoms with E-state index in [1.165, 1.54) is 18.5 Å². The van der Waals surface area contributed by atoms with E-state index in [4.69, 9.17) is 0 Å². The van der Waals surface area contributed by atoms with Gasteiger partial charge in [-0.25, -0.2) is 4.79 Å². The van der Waals surface area contributed by atoms with Crippen molar-refractivity contribution in [2.24, 2.45) is 0 Å². The number of nitriles is 1. The number of nitrogens with zero attached hydrogens (tertiary/aromatic N) is 4. The topological polar surface area (TPSA) is 62.6 Å². The molecule has 2 aliphatic rings.